The molecule has 4 saturated carbocycles. The summed E-state index contributed by atoms with van der Waals surface area (Å²) < 4.78 is 0. The third kappa shape index (κ3) is 2.92. The molecule has 3 N–H and O–H groups in total. The summed E-state index contributed by atoms with van der Waals surface area (Å²) in [6, 6.07) is 0. The fourth-order valence-corrected chi connectivity index (χ4v) is 10.3. The average molecular weight is 459 g/mol. The molecule has 0 amide bonds. The number of carboxylic acids is 1. The summed E-state index contributed by atoms with van der Waals surface area (Å²) in [5.74, 6) is 0.0930. The molecule has 186 valence electrons. The molecule has 5 aliphatic rings. The van der Waals surface area contributed by atoms with Gasteiger partial charge < -0.3 is 15.3 Å². The van der Waals surface area contributed by atoms with Crippen molar-refractivity contribution in [2.24, 2.45) is 50.7 Å². The molecule has 4 fully saturated rings. The van der Waals surface area contributed by atoms with Crippen LogP contribution in [0.3, 0.4) is 0 Å². The Labute approximate surface area is 200 Å². The van der Waals surface area contributed by atoms with Crippen LogP contribution in [-0.4, -0.2) is 33.5 Å². The highest BCUT2D eigenvalue weighted by molar-refractivity contribution is 5.75. The molecule has 33 heavy (non-hydrogen) atoms. The van der Waals surface area contributed by atoms with Crippen molar-refractivity contribution in [3.05, 3.63) is 11.6 Å². The maximum Gasteiger partial charge on any atom is 0.309 e. The van der Waals surface area contributed by atoms with E-state index in [1.165, 1.54) is 5.57 Å². The van der Waals surface area contributed by atoms with Crippen molar-refractivity contribution < 1.29 is 20.1 Å². The zero-order chi connectivity index (χ0) is 24.2. The molecule has 3 unspecified atom stereocenters. The minimum absolute atomic E-state index is 0.00771. The Morgan fingerprint density at radius 3 is 2.24 bits per heavy atom. The Morgan fingerprint density at radius 1 is 0.909 bits per heavy atom. The molecule has 4 heteroatoms. The molecular formula is C29H46O4. The highest BCUT2D eigenvalue weighted by Crippen LogP contribution is 2.74. The van der Waals surface area contributed by atoms with Crippen LogP contribution in [0, 0.1) is 50.7 Å². The van der Waals surface area contributed by atoms with Crippen LogP contribution in [-0.2, 0) is 4.79 Å². The second-order valence-electron chi connectivity index (χ2n) is 14.3. The largest absolute Gasteiger partial charge is 0.481 e. The van der Waals surface area contributed by atoms with Gasteiger partial charge in [-0.1, -0.05) is 53.2 Å². The highest BCUT2D eigenvalue weighted by atomic mass is 16.4. The molecule has 0 aromatic carbocycles. The first-order valence-electron chi connectivity index (χ1n) is 13.5. The molecule has 5 aliphatic carbocycles. The number of hydrogen-bond donors (Lipinski definition) is 3. The van der Waals surface area contributed by atoms with Crippen LogP contribution in [0.2, 0.25) is 0 Å². The number of aliphatic carboxylic acids is 1. The standard InChI is InChI=1S/C29H46O4/c1-17-18-7-10-27(5)22(26(18,4)9-8-20(17)30)15-21(31)23-19-16-25(2,3)11-13-29(19,24(32)33)14-12-28(23,27)6/h15,17-21,23,30-31H,7-14,16H2,1-6H3,(H,32,33)/t17-,18-,19?,20?,21+,23?,26-,27+,28+,29-/m0/s1. The van der Waals surface area contributed by atoms with E-state index in [0.717, 1.165) is 57.8 Å². The zero-order valence-electron chi connectivity index (χ0n) is 21.7. The number of aliphatic hydroxyl groups excluding tert-OH is 2. The first-order chi connectivity index (χ1) is 15.2. The number of fused-ring (bicyclic) bond motifs is 7. The Morgan fingerprint density at radius 2 is 1.58 bits per heavy atom. The highest BCUT2D eigenvalue weighted by Gasteiger charge is 2.69. The lowest BCUT2D eigenvalue weighted by Crippen LogP contribution is -2.66. The molecule has 0 bridgehead atoms. The van der Waals surface area contributed by atoms with E-state index >= 15 is 0 Å². The maximum atomic E-state index is 12.8. The van der Waals surface area contributed by atoms with Crippen LogP contribution in [0.1, 0.15) is 99.3 Å². The number of carboxylic acid groups (broad SMARTS) is 1. The van der Waals surface area contributed by atoms with E-state index < -0.39 is 17.5 Å². The van der Waals surface area contributed by atoms with Gasteiger partial charge >= 0.3 is 5.97 Å². The van der Waals surface area contributed by atoms with Gasteiger partial charge in [0.05, 0.1) is 17.6 Å². The molecule has 0 aromatic rings. The van der Waals surface area contributed by atoms with Gasteiger partial charge in [-0.25, -0.2) is 0 Å². The number of hydrogen-bond acceptors (Lipinski definition) is 3. The number of carbonyl (C=O) groups is 1. The maximum absolute atomic E-state index is 12.8. The average Bonchev–Trinajstić information content (AvgIpc) is 2.72. The first kappa shape index (κ1) is 23.9. The van der Waals surface area contributed by atoms with Crippen molar-refractivity contribution in [3.63, 3.8) is 0 Å². The van der Waals surface area contributed by atoms with Crippen LogP contribution in [0.25, 0.3) is 0 Å². The summed E-state index contributed by atoms with van der Waals surface area (Å²) in [7, 11) is 0. The van der Waals surface area contributed by atoms with E-state index in [0.29, 0.717) is 5.92 Å². The van der Waals surface area contributed by atoms with Gasteiger partial charge in [0.25, 0.3) is 0 Å². The third-order valence-electron chi connectivity index (χ3n) is 12.6. The van der Waals surface area contributed by atoms with Crippen molar-refractivity contribution in [2.45, 2.75) is 112 Å². The second-order valence-corrected chi connectivity index (χ2v) is 14.3. The Kier molecular flexibility index (Phi) is 5.13. The second kappa shape index (κ2) is 7.09. The van der Waals surface area contributed by atoms with Crippen molar-refractivity contribution >= 4 is 5.97 Å². The topological polar surface area (TPSA) is 77.8 Å². The minimum Gasteiger partial charge on any atom is -0.481 e. The van der Waals surface area contributed by atoms with Gasteiger partial charge in [-0.3, -0.25) is 4.79 Å². The minimum atomic E-state index is -0.688. The summed E-state index contributed by atoms with van der Waals surface area (Å²) in [6.07, 6.45) is 9.58. The predicted octanol–water partition coefficient (Wildman–Crippen LogP) is 5.81. The Bertz CT molecular complexity index is 877. The lowest BCUT2D eigenvalue weighted by atomic mass is 9.34. The van der Waals surface area contributed by atoms with E-state index in [1.807, 2.05) is 0 Å². The number of allylic oxidation sites excluding steroid dienone is 1. The van der Waals surface area contributed by atoms with E-state index in [9.17, 15) is 20.1 Å². The van der Waals surface area contributed by atoms with E-state index in [4.69, 9.17) is 0 Å². The molecule has 10 atom stereocenters. The normalized spacial score (nSPS) is 55.3. The summed E-state index contributed by atoms with van der Waals surface area (Å²) >= 11 is 0. The molecule has 0 spiro atoms. The van der Waals surface area contributed by atoms with Crippen molar-refractivity contribution in [2.75, 3.05) is 0 Å². The molecule has 0 aromatic heterocycles. The summed E-state index contributed by atoms with van der Waals surface area (Å²) in [4.78, 5) is 12.8. The lowest BCUT2D eigenvalue weighted by Gasteiger charge is -2.70. The van der Waals surface area contributed by atoms with Crippen molar-refractivity contribution in [3.8, 4) is 0 Å². The molecule has 5 rings (SSSR count). The third-order valence-corrected chi connectivity index (χ3v) is 12.6. The zero-order valence-corrected chi connectivity index (χ0v) is 21.7. The lowest BCUT2D eigenvalue weighted by molar-refractivity contribution is -0.203. The molecular weight excluding hydrogens is 412 g/mol. The van der Waals surface area contributed by atoms with Gasteiger partial charge in [0.1, 0.15) is 0 Å². The van der Waals surface area contributed by atoms with Gasteiger partial charge in [-0.15, -0.1) is 0 Å². The van der Waals surface area contributed by atoms with E-state index in [1.54, 1.807) is 0 Å². The molecule has 4 nitrogen and oxygen atoms in total. The van der Waals surface area contributed by atoms with Gasteiger partial charge in [-0.05, 0) is 103 Å². The molecule has 0 radical (unpaired) electrons. The monoisotopic (exact) mass is 458 g/mol. The van der Waals surface area contributed by atoms with Crippen molar-refractivity contribution in [1.82, 2.24) is 0 Å². The van der Waals surface area contributed by atoms with E-state index in [-0.39, 0.29) is 45.5 Å². The summed E-state index contributed by atoms with van der Waals surface area (Å²) in [5.41, 5.74) is 0.720. The predicted molar refractivity (Wildman–Crippen MR) is 129 cm³/mol. The SMILES string of the molecule is C[C@@H]1C(O)CC[C@]2(C)C3=C[C@@H](O)C4C5CC(C)(C)CC[C@]5(C(=O)O)CC[C@@]4(C)[C@]3(C)CC[C@@H]12. The number of rotatable bonds is 1. The summed E-state index contributed by atoms with van der Waals surface area (Å²) in [5, 5.41) is 32.9. The van der Waals surface area contributed by atoms with Crippen LogP contribution in [0.4, 0.5) is 0 Å². The first-order valence-corrected chi connectivity index (χ1v) is 13.5. The van der Waals surface area contributed by atoms with Gasteiger partial charge in [0, 0.05) is 0 Å². The summed E-state index contributed by atoms with van der Waals surface area (Å²) in [6.45, 7) is 14.0. The van der Waals surface area contributed by atoms with Crippen molar-refractivity contribution in [1.29, 1.82) is 0 Å². The van der Waals surface area contributed by atoms with E-state index in [2.05, 4.69) is 47.6 Å². The van der Waals surface area contributed by atoms with Crippen LogP contribution < -0.4 is 0 Å². The fourth-order valence-electron chi connectivity index (χ4n) is 10.3. The van der Waals surface area contributed by atoms with Gasteiger partial charge in [-0.2, -0.15) is 0 Å². The smallest absolute Gasteiger partial charge is 0.309 e. The van der Waals surface area contributed by atoms with Gasteiger partial charge in [0.15, 0.2) is 0 Å². The number of aliphatic hydroxyl groups is 2. The Balaban J connectivity index is 1.63. The van der Waals surface area contributed by atoms with Crippen LogP contribution >= 0.6 is 0 Å². The molecule has 0 saturated heterocycles. The molecule has 0 aliphatic heterocycles. The van der Waals surface area contributed by atoms with Gasteiger partial charge in [0.2, 0.25) is 0 Å². The van der Waals surface area contributed by atoms with Crippen LogP contribution in [0.5, 0.6) is 0 Å². The van der Waals surface area contributed by atoms with Crippen LogP contribution in [0.15, 0.2) is 11.6 Å². The quantitative estimate of drug-likeness (QED) is 0.433. The molecule has 0 heterocycles. The fraction of sp³-hybridized carbons (Fsp3) is 0.897. The Hall–Kier alpha value is -0.870.